The molecular weight excluding hydrogens is 124 g/mol. The van der Waals surface area contributed by atoms with Crippen LogP contribution in [0.5, 0.6) is 0 Å². The highest BCUT2D eigenvalue weighted by molar-refractivity contribution is 5.14. The molecule has 0 aromatic carbocycles. The molecule has 0 radical (unpaired) electrons. The van der Waals surface area contributed by atoms with E-state index in [9.17, 15) is 0 Å². The van der Waals surface area contributed by atoms with Gasteiger partial charge in [-0.15, -0.1) is 0 Å². The summed E-state index contributed by atoms with van der Waals surface area (Å²) < 4.78 is 0. The quantitative estimate of drug-likeness (QED) is 0.534. The van der Waals surface area contributed by atoms with Crippen molar-refractivity contribution in [2.24, 2.45) is 5.73 Å². The molecule has 0 aliphatic carbocycles. The minimum absolute atomic E-state index is 0.652. The Morgan fingerprint density at radius 2 is 2.40 bits per heavy atom. The van der Waals surface area contributed by atoms with Gasteiger partial charge in [-0.05, 0) is 26.0 Å². The van der Waals surface area contributed by atoms with E-state index in [1.807, 2.05) is 0 Å². The van der Waals surface area contributed by atoms with E-state index in [2.05, 4.69) is 18.0 Å². The van der Waals surface area contributed by atoms with E-state index < -0.39 is 0 Å². The summed E-state index contributed by atoms with van der Waals surface area (Å²) in [4.78, 5) is 2.44. The summed E-state index contributed by atoms with van der Waals surface area (Å²) in [6, 6.07) is 1.40. The van der Waals surface area contributed by atoms with Crippen LogP contribution in [0.1, 0.15) is 19.3 Å². The Balaban J connectivity index is 2.24. The van der Waals surface area contributed by atoms with Crippen LogP contribution in [0.15, 0.2) is 11.8 Å². The minimum atomic E-state index is 0.652. The van der Waals surface area contributed by atoms with Crippen molar-refractivity contribution < 1.29 is 0 Å². The number of nitrogens with two attached hydrogens (primary N) is 1. The van der Waals surface area contributed by atoms with Gasteiger partial charge in [-0.3, -0.25) is 4.90 Å². The standard InChI is InChI=1S/C8H14N2/c1-10-7-2-3-8(10)5-6(9)4-7/h4,7-8H,2-3,5,9H2,1H3/t7?,8-/m0/s1. The Hall–Kier alpha value is -0.500. The third-order valence-corrected chi connectivity index (χ3v) is 2.77. The summed E-state index contributed by atoms with van der Waals surface area (Å²) in [7, 11) is 2.20. The van der Waals surface area contributed by atoms with Gasteiger partial charge >= 0.3 is 0 Å². The van der Waals surface area contributed by atoms with E-state index in [0.29, 0.717) is 6.04 Å². The second-order valence-electron chi connectivity index (χ2n) is 3.41. The van der Waals surface area contributed by atoms with Crippen molar-refractivity contribution >= 4 is 0 Å². The first-order valence-electron chi connectivity index (χ1n) is 3.95. The van der Waals surface area contributed by atoms with Gasteiger partial charge in [0.1, 0.15) is 0 Å². The van der Waals surface area contributed by atoms with E-state index in [4.69, 9.17) is 5.73 Å². The van der Waals surface area contributed by atoms with Crippen LogP contribution >= 0.6 is 0 Å². The maximum Gasteiger partial charge on any atom is 0.0298 e. The van der Waals surface area contributed by atoms with Crippen LogP contribution < -0.4 is 5.73 Å². The van der Waals surface area contributed by atoms with Gasteiger partial charge in [0, 0.05) is 24.2 Å². The Labute approximate surface area is 61.7 Å². The number of hydrogen-bond acceptors (Lipinski definition) is 2. The molecular formula is C8H14N2. The van der Waals surface area contributed by atoms with Gasteiger partial charge < -0.3 is 5.73 Å². The molecule has 2 N–H and O–H groups in total. The lowest BCUT2D eigenvalue weighted by Gasteiger charge is -2.28. The summed E-state index contributed by atoms with van der Waals surface area (Å²) in [5.74, 6) is 0. The van der Waals surface area contributed by atoms with Gasteiger partial charge in [-0.2, -0.15) is 0 Å². The molecule has 2 nitrogen and oxygen atoms in total. The molecule has 2 heteroatoms. The highest BCUT2D eigenvalue weighted by atomic mass is 15.2. The summed E-state index contributed by atoms with van der Waals surface area (Å²) in [5, 5.41) is 0. The van der Waals surface area contributed by atoms with Gasteiger partial charge in [0.2, 0.25) is 0 Å². The highest BCUT2D eigenvalue weighted by Crippen LogP contribution is 2.31. The molecule has 1 fully saturated rings. The van der Waals surface area contributed by atoms with Gasteiger partial charge in [0.05, 0.1) is 0 Å². The monoisotopic (exact) mass is 138 g/mol. The fourth-order valence-corrected chi connectivity index (χ4v) is 2.08. The molecule has 2 atom stereocenters. The van der Waals surface area contributed by atoms with E-state index in [1.54, 1.807) is 0 Å². The average molecular weight is 138 g/mol. The predicted molar refractivity (Wildman–Crippen MR) is 41.5 cm³/mol. The second-order valence-corrected chi connectivity index (χ2v) is 3.41. The van der Waals surface area contributed by atoms with Crippen molar-refractivity contribution in [3.63, 3.8) is 0 Å². The van der Waals surface area contributed by atoms with Crippen LogP contribution in [0.25, 0.3) is 0 Å². The highest BCUT2D eigenvalue weighted by Gasteiger charge is 2.32. The molecule has 10 heavy (non-hydrogen) atoms. The molecule has 1 saturated heterocycles. The number of nitrogens with zero attached hydrogens (tertiary/aromatic N) is 1. The Morgan fingerprint density at radius 3 is 3.10 bits per heavy atom. The molecule has 2 rings (SSSR count). The van der Waals surface area contributed by atoms with Crippen molar-refractivity contribution in [3.05, 3.63) is 11.8 Å². The molecule has 2 aliphatic heterocycles. The Bertz CT molecular complexity index is 174. The number of rotatable bonds is 0. The number of fused-ring (bicyclic) bond motifs is 2. The third kappa shape index (κ3) is 0.754. The lowest BCUT2D eigenvalue weighted by molar-refractivity contribution is 0.254. The van der Waals surface area contributed by atoms with Crippen LogP contribution in [-0.4, -0.2) is 24.0 Å². The Kier molecular flexibility index (Phi) is 1.24. The molecule has 2 aliphatic rings. The van der Waals surface area contributed by atoms with Crippen LogP contribution in [-0.2, 0) is 0 Å². The molecule has 56 valence electrons. The van der Waals surface area contributed by atoms with Gasteiger partial charge in [0.25, 0.3) is 0 Å². The van der Waals surface area contributed by atoms with E-state index in [0.717, 1.165) is 18.2 Å². The Morgan fingerprint density at radius 1 is 1.60 bits per heavy atom. The molecule has 1 unspecified atom stereocenters. The van der Waals surface area contributed by atoms with E-state index in [1.165, 1.54) is 12.8 Å². The molecule has 0 amide bonds. The normalized spacial score (nSPS) is 39.9. The summed E-state index contributed by atoms with van der Waals surface area (Å²) in [5.41, 5.74) is 6.85. The fraction of sp³-hybridized carbons (Fsp3) is 0.750. The van der Waals surface area contributed by atoms with Crippen LogP contribution in [0.2, 0.25) is 0 Å². The molecule has 0 aromatic heterocycles. The third-order valence-electron chi connectivity index (χ3n) is 2.77. The van der Waals surface area contributed by atoms with Crippen molar-refractivity contribution in [2.45, 2.75) is 31.3 Å². The lowest BCUT2D eigenvalue weighted by atomic mass is 10.1. The number of likely N-dealkylation sites (N-methyl/N-ethyl adjacent to an activating group) is 1. The molecule has 0 saturated carbocycles. The SMILES string of the molecule is CN1C2C=C(N)C[C@@H]1CC2. The van der Waals surface area contributed by atoms with Gasteiger partial charge in [0.15, 0.2) is 0 Å². The van der Waals surface area contributed by atoms with Crippen molar-refractivity contribution in [3.8, 4) is 0 Å². The average Bonchev–Trinajstić information content (AvgIpc) is 2.20. The van der Waals surface area contributed by atoms with Gasteiger partial charge in [-0.1, -0.05) is 0 Å². The summed E-state index contributed by atoms with van der Waals surface area (Å²) >= 11 is 0. The van der Waals surface area contributed by atoms with E-state index >= 15 is 0 Å². The summed E-state index contributed by atoms with van der Waals surface area (Å²) in [6.45, 7) is 0. The van der Waals surface area contributed by atoms with Crippen molar-refractivity contribution in [1.82, 2.24) is 4.90 Å². The first kappa shape index (κ1) is 6.23. The molecule has 0 spiro atoms. The maximum absolute atomic E-state index is 5.75. The number of hydrogen-bond donors (Lipinski definition) is 1. The van der Waals surface area contributed by atoms with E-state index in [-0.39, 0.29) is 0 Å². The first-order chi connectivity index (χ1) is 4.77. The lowest BCUT2D eigenvalue weighted by Crippen LogP contribution is -2.36. The molecule has 2 bridgehead atoms. The van der Waals surface area contributed by atoms with Crippen LogP contribution in [0.3, 0.4) is 0 Å². The largest absolute Gasteiger partial charge is 0.402 e. The summed E-state index contributed by atoms with van der Waals surface area (Å²) in [6.07, 6.45) is 5.94. The van der Waals surface area contributed by atoms with Gasteiger partial charge in [-0.25, -0.2) is 0 Å². The fourth-order valence-electron chi connectivity index (χ4n) is 2.08. The van der Waals surface area contributed by atoms with Crippen molar-refractivity contribution in [2.75, 3.05) is 7.05 Å². The maximum atomic E-state index is 5.75. The minimum Gasteiger partial charge on any atom is -0.402 e. The molecule has 0 aromatic rings. The van der Waals surface area contributed by atoms with Crippen molar-refractivity contribution in [1.29, 1.82) is 0 Å². The zero-order valence-electron chi connectivity index (χ0n) is 6.38. The molecule has 2 heterocycles. The smallest absolute Gasteiger partial charge is 0.0298 e. The zero-order chi connectivity index (χ0) is 7.14. The predicted octanol–water partition coefficient (Wildman–Crippen LogP) is 0.696. The van der Waals surface area contributed by atoms with Crippen LogP contribution in [0, 0.1) is 0 Å². The first-order valence-corrected chi connectivity index (χ1v) is 3.95. The zero-order valence-corrected chi connectivity index (χ0v) is 6.38. The second kappa shape index (κ2) is 1.99. The van der Waals surface area contributed by atoms with Crippen LogP contribution in [0.4, 0.5) is 0 Å². The topological polar surface area (TPSA) is 29.3 Å².